The zero-order valence-corrected chi connectivity index (χ0v) is 12.0. The van der Waals surface area contributed by atoms with Gasteiger partial charge in [-0.3, -0.25) is 4.79 Å². The van der Waals surface area contributed by atoms with Crippen LogP contribution in [0.5, 0.6) is 5.75 Å². The van der Waals surface area contributed by atoms with Gasteiger partial charge in [0.25, 0.3) is 0 Å². The fourth-order valence-electron chi connectivity index (χ4n) is 1.49. The number of nitrogens with one attached hydrogen (secondary N) is 1. The molecule has 19 heavy (non-hydrogen) atoms. The lowest BCUT2D eigenvalue weighted by Crippen LogP contribution is -2.22. The van der Waals surface area contributed by atoms with Crippen molar-refractivity contribution in [2.45, 2.75) is 24.7 Å². The molecule has 0 atom stereocenters. The summed E-state index contributed by atoms with van der Waals surface area (Å²) in [6.07, 6.45) is 2.21. The Labute approximate surface area is 113 Å². The van der Waals surface area contributed by atoms with Crippen molar-refractivity contribution in [2.75, 3.05) is 19.4 Å². The van der Waals surface area contributed by atoms with Crippen LogP contribution in [-0.2, 0) is 14.6 Å². The fraction of sp³-hybridized carbons (Fsp3) is 0.462. The van der Waals surface area contributed by atoms with Crippen molar-refractivity contribution in [2.24, 2.45) is 0 Å². The van der Waals surface area contributed by atoms with Crippen molar-refractivity contribution < 1.29 is 17.9 Å². The number of sulfone groups is 1. The largest absolute Gasteiger partial charge is 0.494 e. The summed E-state index contributed by atoms with van der Waals surface area (Å²) in [6.45, 7) is 2.93. The molecular formula is C13H19NO4S. The molecule has 0 saturated carbocycles. The topological polar surface area (TPSA) is 72.5 Å². The van der Waals surface area contributed by atoms with Gasteiger partial charge in [0.15, 0.2) is 9.84 Å². The van der Waals surface area contributed by atoms with E-state index in [0.717, 1.165) is 6.26 Å². The molecule has 0 aromatic heterocycles. The van der Waals surface area contributed by atoms with Crippen LogP contribution in [0.15, 0.2) is 29.2 Å². The van der Waals surface area contributed by atoms with Gasteiger partial charge in [-0.1, -0.05) is 0 Å². The summed E-state index contributed by atoms with van der Waals surface area (Å²) < 4.78 is 27.9. The number of ether oxygens (including phenoxy) is 1. The molecule has 0 aliphatic rings. The van der Waals surface area contributed by atoms with Crippen molar-refractivity contribution in [3.63, 3.8) is 0 Å². The average Bonchev–Trinajstić information content (AvgIpc) is 2.34. The summed E-state index contributed by atoms with van der Waals surface area (Å²) in [5, 5.41) is 2.71. The molecular weight excluding hydrogens is 266 g/mol. The van der Waals surface area contributed by atoms with E-state index in [2.05, 4.69) is 5.32 Å². The maximum atomic E-state index is 11.3. The highest BCUT2D eigenvalue weighted by atomic mass is 32.2. The van der Waals surface area contributed by atoms with Crippen molar-refractivity contribution in [3.8, 4) is 5.75 Å². The Morgan fingerprint density at radius 3 is 2.42 bits per heavy atom. The molecule has 1 aromatic carbocycles. The molecule has 5 nitrogen and oxygen atoms in total. The SMILES string of the molecule is CCNC(=O)CCCOc1ccc(S(C)(=O)=O)cc1. The lowest BCUT2D eigenvalue weighted by molar-refractivity contribution is -0.121. The maximum absolute atomic E-state index is 11.3. The van der Waals surface area contributed by atoms with Gasteiger partial charge in [0.1, 0.15) is 5.75 Å². The number of carbonyl (C=O) groups is 1. The average molecular weight is 285 g/mol. The molecule has 0 aliphatic heterocycles. The summed E-state index contributed by atoms with van der Waals surface area (Å²) in [7, 11) is -3.17. The summed E-state index contributed by atoms with van der Waals surface area (Å²) >= 11 is 0. The smallest absolute Gasteiger partial charge is 0.220 e. The summed E-state index contributed by atoms with van der Waals surface area (Å²) in [5.74, 6) is 0.613. The molecule has 106 valence electrons. The van der Waals surface area contributed by atoms with E-state index in [9.17, 15) is 13.2 Å². The second kappa shape index (κ2) is 7.13. The Hall–Kier alpha value is -1.56. The van der Waals surface area contributed by atoms with Crippen molar-refractivity contribution in [1.29, 1.82) is 0 Å². The summed E-state index contributed by atoms with van der Waals surface area (Å²) in [4.78, 5) is 11.4. The molecule has 0 fully saturated rings. The van der Waals surface area contributed by atoms with Gasteiger partial charge in [-0.25, -0.2) is 8.42 Å². The van der Waals surface area contributed by atoms with E-state index in [1.54, 1.807) is 12.1 Å². The summed E-state index contributed by atoms with van der Waals surface area (Å²) in [6, 6.07) is 6.24. The predicted molar refractivity (Wildman–Crippen MR) is 73.0 cm³/mol. The van der Waals surface area contributed by atoms with E-state index in [-0.39, 0.29) is 10.8 Å². The molecule has 6 heteroatoms. The number of hydrogen-bond donors (Lipinski definition) is 1. The molecule has 1 amide bonds. The van der Waals surface area contributed by atoms with Crippen LogP contribution >= 0.6 is 0 Å². The van der Waals surface area contributed by atoms with Crippen molar-refractivity contribution >= 4 is 15.7 Å². The van der Waals surface area contributed by atoms with Gasteiger partial charge in [-0.05, 0) is 37.6 Å². The fourth-order valence-corrected chi connectivity index (χ4v) is 2.12. The predicted octanol–water partition coefficient (Wildman–Crippen LogP) is 1.39. The van der Waals surface area contributed by atoms with E-state index in [1.807, 2.05) is 6.92 Å². The number of rotatable bonds is 7. The van der Waals surface area contributed by atoms with Crippen LogP contribution in [0, 0.1) is 0 Å². The second-order valence-corrected chi connectivity index (χ2v) is 6.16. The Balaban J connectivity index is 2.37. The van der Waals surface area contributed by atoms with Gasteiger partial charge in [0.2, 0.25) is 5.91 Å². The lowest BCUT2D eigenvalue weighted by atomic mass is 10.3. The lowest BCUT2D eigenvalue weighted by Gasteiger charge is -2.06. The molecule has 0 spiro atoms. The molecule has 0 aliphatic carbocycles. The Morgan fingerprint density at radius 1 is 1.26 bits per heavy atom. The second-order valence-electron chi connectivity index (χ2n) is 4.15. The number of benzene rings is 1. The highest BCUT2D eigenvalue weighted by molar-refractivity contribution is 7.90. The highest BCUT2D eigenvalue weighted by Crippen LogP contribution is 2.15. The van der Waals surface area contributed by atoms with E-state index in [0.29, 0.717) is 31.7 Å². The number of hydrogen-bond acceptors (Lipinski definition) is 4. The van der Waals surface area contributed by atoms with E-state index in [1.165, 1.54) is 12.1 Å². The van der Waals surface area contributed by atoms with Crippen LogP contribution < -0.4 is 10.1 Å². The first-order valence-electron chi connectivity index (χ1n) is 6.13. The normalized spacial score (nSPS) is 11.1. The minimum atomic E-state index is -3.17. The van der Waals surface area contributed by atoms with Crippen LogP contribution in [-0.4, -0.2) is 33.7 Å². The van der Waals surface area contributed by atoms with E-state index in [4.69, 9.17) is 4.74 Å². The molecule has 1 aromatic rings. The van der Waals surface area contributed by atoms with Crippen LogP contribution in [0.2, 0.25) is 0 Å². The number of carbonyl (C=O) groups excluding carboxylic acids is 1. The van der Waals surface area contributed by atoms with Crippen LogP contribution in [0.4, 0.5) is 0 Å². The van der Waals surface area contributed by atoms with Gasteiger partial charge in [-0.15, -0.1) is 0 Å². The molecule has 0 bridgehead atoms. The van der Waals surface area contributed by atoms with Gasteiger partial charge in [-0.2, -0.15) is 0 Å². The van der Waals surface area contributed by atoms with Crippen LogP contribution in [0.25, 0.3) is 0 Å². The Bertz CT molecular complexity index is 508. The number of amides is 1. The standard InChI is InChI=1S/C13H19NO4S/c1-3-14-13(15)5-4-10-18-11-6-8-12(9-7-11)19(2,16)17/h6-9H,3-5,10H2,1-2H3,(H,14,15). The zero-order chi connectivity index (χ0) is 14.3. The van der Waals surface area contributed by atoms with Gasteiger partial charge < -0.3 is 10.1 Å². The van der Waals surface area contributed by atoms with E-state index >= 15 is 0 Å². The third kappa shape index (κ3) is 5.74. The monoisotopic (exact) mass is 285 g/mol. The minimum absolute atomic E-state index is 0.0125. The van der Waals surface area contributed by atoms with Gasteiger partial charge in [0.05, 0.1) is 11.5 Å². The Kier molecular flexibility index (Phi) is 5.82. The highest BCUT2D eigenvalue weighted by Gasteiger charge is 2.06. The Morgan fingerprint density at radius 2 is 1.89 bits per heavy atom. The molecule has 1 rings (SSSR count). The first-order valence-corrected chi connectivity index (χ1v) is 8.02. The first kappa shape index (κ1) is 15.5. The van der Waals surface area contributed by atoms with Gasteiger partial charge >= 0.3 is 0 Å². The van der Waals surface area contributed by atoms with Crippen LogP contribution in [0.1, 0.15) is 19.8 Å². The molecule has 1 N–H and O–H groups in total. The van der Waals surface area contributed by atoms with Crippen molar-refractivity contribution in [1.82, 2.24) is 5.32 Å². The van der Waals surface area contributed by atoms with Crippen LogP contribution in [0.3, 0.4) is 0 Å². The maximum Gasteiger partial charge on any atom is 0.220 e. The zero-order valence-electron chi connectivity index (χ0n) is 11.2. The van der Waals surface area contributed by atoms with E-state index < -0.39 is 9.84 Å². The third-order valence-corrected chi connectivity index (χ3v) is 3.57. The molecule has 0 saturated heterocycles. The minimum Gasteiger partial charge on any atom is -0.494 e. The molecule has 0 heterocycles. The van der Waals surface area contributed by atoms with Gasteiger partial charge in [0, 0.05) is 19.2 Å². The summed E-state index contributed by atoms with van der Waals surface area (Å²) in [5.41, 5.74) is 0. The molecule has 0 radical (unpaired) electrons. The third-order valence-electron chi connectivity index (χ3n) is 2.44. The first-order chi connectivity index (χ1) is 8.93. The molecule has 0 unspecified atom stereocenters. The quantitative estimate of drug-likeness (QED) is 0.768. The van der Waals surface area contributed by atoms with Crippen molar-refractivity contribution in [3.05, 3.63) is 24.3 Å².